The monoisotopic (exact) mass is 1580 g/mol. The van der Waals surface area contributed by atoms with E-state index in [0.717, 1.165) is 78.0 Å². The van der Waals surface area contributed by atoms with Crippen LogP contribution in [-0.2, 0) is 29.4 Å². The van der Waals surface area contributed by atoms with Crippen LogP contribution in [0.1, 0.15) is 105 Å². The Kier molecular flexibility index (Phi) is 30.2. The van der Waals surface area contributed by atoms with Gasteiger partial charge in [-0.1, -0.05) is 86.6 Å². The van der Waals surface area contributed by atoms with Gasteiger partial charge in [-0.25, -0.2) is 20.0 Å². The Labute approximate surface area is 684 Å². The van der Waals surface area contributed by atoms with E-state index in [2.05, 4.69) is 164 Å². The molecule has 1 aliphatic carbocycles. The second-order valence-corrected chi connectivity index (χ2v) is 28.9. The highest BCUT2D eigenvalue weighted by molar-refractivity contribution is 7.10. The number of benzene rings is 6. The Balaban J connectivity index is 0.000000182. The molecular formula is C88H103N21O6S. The van der Waals surface area contributed by atoms with Gasteiger partial charge in [0.25, 0.3) is 23.6 Å². The molecule has 0 radical (unpaired) electrons. The summed E-state index contributed by atoms with van der Waals surface area (Å²) < 4.78 is 4.08. The van der Waals surface area contributed by atoms with Crippen LogP contribution in [0.2, 0.25) is 0 Å². The molecule has 27 nitrogen and oxygen atoms in total. The number of hydrogen-bond donors (Lipinski definition) is 3. The molecular weight excluding hydrogens is 1480 g/mol. The van der Waals surface area contributed by atoms with Gasteiger partial charge in [0.2, 0.25) is 5.91 Å². The predicted octanol–water partition coefficient (Wildman–Crippen LogP) is 14.1. The number of aryl methyl sites for hydroxylation is 2. The average molecular weight is 1580 g/mol. The van der Waals surface area contributed by atoms with Crippen LogP contribution in [0.5, 0.6) is 0 Å². The van der Waals surface area contributed by atoms with Crippen LogP contribution in [0.15, 0.2) is 216 Å². The van der Waals surface area contributed by atoms with Crippen LogP contribution in [0, 0.1) is 36.5 Å². The minimum Gasteiger partial charge on any atom is -0.388 e. The van der Waals surface area contributed by atoms with Crippen molar-refractivity contribution in [2.45, 2.75) is 74.7 Å². The number of ketones is 1. The van der Waals surface area contributed by atoms with Gasteiger partial charge in [0.15, 0.2) is 28.3 Å². The second-order valence-electron chi connectivity index (χ2n) is 28.1. The van der Waals surface area contributed by atoms with Crippen LogP contribution >= 0.6 is 11.5 Å². The largest absolute Gasteiger partial charge is 0.388 e. The number of carbonyl (C=O) groups excluding carboxylic acids is 6. The average Bonchev–Trinajstić information content (AvgIpc) is 1.57. The molecule has 5 amide bonds. The molecule has 6 aromatic carbocycles. The van der Waals surface area contributed by atoms with Crippen LogP contribution in [0.25, 0.3) is 11.6 Å². The first kappa shape index (κ1) is 88.1. The van der Waals surface area contributed by atoms with E-state index in [1.807, 2.05) is 149 Å². The number of amides is 5. The minimum absolute atomic E-state index is 0.0723. The quantitative estimate of drug-likeness (QED) is 0.0350. The zero-order valence-corrected chi connectivity index (χ0v) is 70.8. The number of Topliss-reactive ketones (excluding diaryl/α,β-unsaturated/α-hetero) is 1. The summed E-state index contributed by atoms with van der Waals surface area (Å²) in [5, 5.41) is 52.3. The first-order chi connectivity index (χ1) is 55.3. The highest BCUT2D eigenvalue weighted by Crippen LogP contribution is 2.47. The highest BCUT2D eigenvalue weighted by Gasteiger charge is 2.40. The van der Waals surface area contributed by atoms with Crippen molar-refractivity contribution >= 4 is 127 Å². The maximum atomic E-state index is 12.6. The number of anilines is 5. The summed E-state index contributed by atoms with van der Waals surface area (Å²) >= 11 is 1.12. The topological polar surface area (TPSA) is 302 Å². The molecule has 12 rings (SSSR count). The summed E-state index contributed by atoms with van der Waals surface area (Å²) in [5.41, 5.74) is 16.5. The maximum absolute atomic E-state index is 12.6. The number of nitrogens with one attached hydrogen (secondary N) is 3. The normalized spacial score (nSPS) is 16.1. The van der Waals surface area contributed by atoms with E-state index in [9.17, 15) is 34.0 Å². The molecule has 0 spiro atoms. The van der Waals surface area contributed by atoms with Gasteiger partial charge >= 0.3 is 0 Å². The van der Waals surface area contributed by atoms with E-state index in [1.165, 1.54) is 51.6 Å². The van der Waals surface area contributed by atoms with E-state index in [4.69, 9.17) is 10.3 Å². The smallest absolute Gasteiger partial charge is 0.278 e. The summed E-state index contributed by atoms with van der Waals surface area (Å²) in [6.45, 7) is 25.0. The number of aromatic nitrogens is 1. The Morgan fingerprint density at radius 2 is 1.18 bits per heavy atom. The highest BCUT2D eigenvalue weighted by atomic mass is 32.1. The molecule has 7 aromatic rings. The molecule has 0 atom stereocenters. The van der Waals surface area contributed by atoms with E-state index < -0.39 is 5.91 Å². The van der Waals surface area contributed by atoms with Crippen molar-refractivity contribution in [1.82, 2.24) is 39.4 Å². The summed E-state index contributed by atoms with van der Waals surface area (Å²) in [6.07, 6.45) is 7.46. The van der Waals surface area contributed by atoms with Gasteiger partial charge in [0, 0.05) is 162 Å². The molecule has 116 heavy (non-hydrogen) atoms. The molecule has 5 aliphatic rings. The lowest BCUT2D eigenvalue weighted by molar-refractivity contribution is -0.125. The molecule has 4 aliphatic heterocycles. The van der Waals surface area contributed by atoms with E-state index in [-0.39, 0.29) is 40.4 Å². The number of rotatable bonds is 16. The first-order valence-electron chi connectivity index (χ1n) is 37.9. The SMILES string of the molecule is CC(=O)Nc1cc(C)ccc1N=Nc1snc(C)c1C#N.CCN(CC)c1ccc(C=C2C(=O)N(C)N=C2N(C)C)cc1.CCN(CC)c1ccc(N=C2C=C(C(=O)NC)C(=O)c3ccccc32)cc1.CCN1/C(=C\C=C2C(=O)N(C)N=C2N(C)C)C(C)(C)c2ccccc21.CNc1ccc(C(C#N)=C2C(=O)N(C)N=C2N(C)C)cc1. The number of amidine groups is 3. The number of likely N-dealkylation sites (N-methyl/N-ethyl adjacent to an activating group) is 8. The van der Waals surface area contributed by atoms with Crippen molar-refractivity contribution in [2.24, 2.45) is 30.5 Å². The van der Waals surface area contributed by atoms with Gasteiger partial charge in [0.1, 0.15) is 29.0 Å². The summed E-state index contributed by atoms with van der Waals surface area (Å²) in [6, 6.07) is 49.0. The first-order valence-corrected chi connectivity index (χ1v) is 38.7. The number of allylic oxidation sites excluding steroid dienone is 5. The molecule has 0 saturated carbocycles. The lowest BCUT2D eigenvalue weighted by Gasteiger charge is -2.26. The number of hydrazone groups is 3. The zero-order valence-electron chi connectivity index (χ0n) is 70.0. The molecule has 0 bridgehead atoms. The van der Waals surface area contributed by atoms with Crippen LogP contribution in [0.3, 0.4) is 0 Å². The molecule has 0 fully saturated rings. The molecule has 5 heterocycles. The number of nitriles is 2. The molecule has 1 aromatic heterocycles. The van der Waals surface area contributed by atoms with Crippen molar-refractivity contribution in [3.05, 3.63) is 230 Å². The van der Waals surface area contributed by atoms with Gasteiger partial charge in [-0.2, -0.15) is 30.2 Å². The molecule has 3 N–H and O–H groups in total. The summed E-state index contributed by atoms with van der Waals surface area (Å²) in [4.78, 5) is 89.9. The second kappa shape index (κ2) is 39.8. The van der Waals surface area contributed by atoms with Crippen molar-refractivity contribution in [3.8, 4) is 12.1 Å². The third kappa shape index (κ3) is 20.5. The van der Waals surface area contributed by atoms with E-state index >= 15 is 0 Å². The Morgan fingerprint density at radius 1 is 0.638 bits per heavy atom. The van der Waals surface area contributed by atoms with Crippen LogP contribution in [-0.4, -0.2) is 203 Å². The van der Waals surface area contributed by atoms with Gasteiger partial charge in [-0.3, -0.25) is 28.8 Å². The van der Waals surface area contributed by atoms with Crippen molar-refractivity contribution in [2.75, 3.05) is 136 Å². The van der Waals surface area contributed by atoms with Crippen molar-refractivity contribution in [3.63, 3.8) is 0 Å². The summed E-state index contributed by atoms with van der Waals surface area (Å²) in [5.74, 6) is 0.613. The number of aliphatic imine (C=N–C) groups is 1. The Morgan fingerprint density at radius 3 is 1.72 bits per heavy atom. The third-order valence-electron chi connectivity index (χ3n) is 19.3. The Bertz CT molecular complexity index is 5250. The lowest BCUT2D eigenvalue weighted by atomic mass is 9.83. The van der Waals surface area contributed by atoms with Gasteiger partial charge in [-0.05, 0) is 173 Å². The number of azo groups is 1. The lowest BCUT2D eigenvalue weighted by Crippen LogP contribution is -2.29. The zero-order chi connectivity index (χ0) is 85.0. The predicted molar refractivity (Wildman–Crippen MR) is 467 cm³/mol. The van der Waals surface area contributed by atoms with Crippen molar-refractivity contribution < 1.29 is 28.8 Å². The van der Waals surface area contributed by atoms with E-state index in [0.29, 0.717) is 84.3 Å². The molecule has 0 unspecified atom stereocenters. The van der Waals surface area contributed by atoms with Gasteiger partial charge in [0.05, 0.1) is 45.1 Å². The number of fused-ring (bicyclic) bond motifs is 2. The van der Waals surface area contributed by atoms with Gasteiger partial charge in [-0.15, -0.1) is 10.2 Å². The van der Waals surface area contributed by atoms with Crippen LogP contribution in [0.4, 0.5) is 44.8 Å². The van der Waals surface area contributed by atoms with Gasteiger partial charge < -0.3 is 45.3 Å². The fourth-order valence-electron chi connectivity index (χ4n) is 13.1. The fraction of sp³-hybridized carbons (Fsp3) is 0.307. The summed E-state index contributed by atoms with van der Waals surface area (Å²) in [7, 11) is 19.5. The molecule has 0 saturated heterocycles. The number of nitrogens with zero attached hydrogens (tertiary/aromatic N) is 18. The number of para-hydroxylation sites is 1. The minimum atomic E-state index is -0.404. The third-order valence-corrected chi connectivity index (χ3v) is 20.1. The van der Waals surface area contributed by atoms with E-state index in [1.54, 1.807) is 71.3 Å². The van der Waals surface area contributed by atoms with Crippen molar-refractivity contribution in [1.29, 1.82) is 10.5 Å². The molecule has 602 valence electrons. The standard InChI is InChI=1S/C22H23N3O2.C20H26N4O.C17H24N4O.C15H17N5O.C14H13N5OS/c1-4-25(5-2)16-12-10-15(11-13-16)24-20-14-19(22(27)23-3)21(26)18-9-7-6-8-17(18)20;1-7-24-16-11-9-8-10-15(16)20(2,3)17(24)13-12-14-18(22(4)5)21-23(6)19(14)25;1-6-21(7-2)14-10-8-13(9-11-14)12-15-16(19(3)4)18-20(5)17(15)22;1-17-11-7-5-10(6-8-11)12(9-16)13-14(19(2)3)18-20(4)15(13)21;1-8-4-5-12(13(6-8)16-10(3)20)17-18-14-11(7-15)9(2)19-21-14/h6-14H,4-5H2,1-3H3,(H,23,27);8-13H,7H2,1-6H3;8-12H,6-7H2,1-5H3;5-8,17H,1-4H3;4-6H,1-3H3,(H,16,20)/b;14-12?,17-13-;;;. The Hall–Kier alpha value is -13.5. The molecule has 28 heteroatoms. The maximum Gasteiger partial charge on any atom is 0.278 e. The number of hydrogen-bond acceptors (Lipinski definition) is 23. The number of carbonyl (C=O) groups is 6. The van der Waals surface area contributed by atoms with Crippen LogP contribution < -0.4 is 30.7 Å². The fourth-order valence-corrected chi connectivity index (χ4v) is 13.8.